The molecule has 0 saturated heterocycles. The van der Waals surface area contributed by atoms with Gasteiger partial charge in [-0.3, -0.25) is 0 Å². The van der Waals surface area contributed by atoms with E-state index in [1.54, 1.807) is 7.11 Å². The van der Waals surface area contributed by atoms with Gasteiger partial charge in [0.1, 0.15) is 0 Å². The summed E-state index contributed by atoms with van der Waals surface area (Å²) in [5.74, 6) is 1.57. The number of aromatic nitrogens is 3. The van der Waals surface area contributed by atoms with Crippen molar-refractivity contribution in [1.82, 2.24) is 14.8 Å². The van der Waals surface area contributed by atoms with Crippen molar-refractivity contribution in [3.63, 3.8) is 0 Å². The van der Waals surface area contributed by atoms with Crippen LogP contribution in [0.5, 0.6) is 11.5 Å². The number of pyridine rings is 1. The molecule has 0 amide bonds. The summed E-state index contributed by atoms with van der Waals surface area (Å²) < 4.78 is 13.7. The van der Waals surface area contributed by atoms with E-state index in [2.05, 4.69) is 22.2 Å². The van der Waals surface area contributed by atoms with Gasteiger partial charge in [0, 0.05) is 11.6 Å². The summed E-state index contributed by atoms with van der Waals surface area (Å²) in [5.41, 5.74) is 3.98. The lowest BCUT2D eigenvalue weighted by Gasteiger charge is -2.17. The Hall–Kier alpha value is -3.34. The molecule has 0 aliphatic heterocycles. The van der Waals surface area contributed by atoms with Crippen LogP contribution in [0.3, 0.4) is 0 Å². The van der Waals surface area contributed by atoms with Gasteiger partial charge in [0.15, 0.2) is 17.1 Å². The third-order valence-electron chi connectivity index (χ3n) is 5.54. The molecule has 1 aliphatic carbocycles. The van der Waals surface area contributed by atoms with Gasteiger partial charge in [-0.2, -0.15) is 5.10 Å². The molecule has 5 heteroatoms. The molecule has 2 aromatic heterocycles. The minimum Gasteiger partial charge on any atom is -0.493 e. The lowest BCUT2D eigenvalue weighted by atomic mass is 10.0. The highest BCUT2D eigenvalue weighted by atomic mass is 16.5. The van der Waals surface area contributed by atoms with Crippen molar-refractivity contribution < 1.29 is 9.47 Å². The van der Waals surface area contributed by atoms with Crippen LogP contribution in [0.15, 0.2) is 67.0 Å². The van der Waals surface area contributed by atoms with E-state index in [1.165, 1.54) is 12.8 Å². The third kappa shape index (κ3) is 3.33. The molecule has 5 nitrogen and oxygen atoms in total. The Morgan fingerprint density at radius 3 is 2.59 bits per heavy atom. The van der Waals surface area contributed by atoms with E-state index in [1.807, 2.05) is 59.5 Å². The van der Waals surface area contributed by atoms with Crippen LogP contribution in [0.25, 0.3) is 27.8 Å². The average molecular weight is 385 g/mol. The normalized spacial score (nSPS) is 14.4. The van der Waals surface area contributed by atoms with Gasteiger partial charge in [-0.1, -0.05) is 24.3 Å². The Balaban J connectivity index is 1.58. The van der Waals surface area contributed by atoms with Crippen molar-refractivity contribution in [1.29, 1.82) is 0 Å². The number of rotatable bonds is 5. The van der Waals surface area contributed by atoms with Crippen LogP contribution >= 0.6 is 0 Å². The summed E-state index contributed by atoms with van der Waals surface area (Å²) in [6, 6.07) is 18.2. The van der Waals surface area contributed by atoms with Crippen molar-refractivity contribution in [2.75, 3.05) is 7.11 Å². The summed E-state index contributed by atoms with van der Waals surface area (Å²) in [4.78, 5) is 4.59. The minimum atomic E-state index is 0.275. The van der Waals surface area contributed by atoms with Gasteiger partial charge >= 0.3 is 0 Å². The molecule has 2 aromatic carbocycles. The van der Waals surface area contributed by atoms with E-state index in [0.29, 0.717) is 0 Å². The molecule has 29 heavy (non-hydrogen) atoms. The van der Waals surface area contributed by atoms with Gasteiger partial charge in [-0.15, -0.1) is 0 Å². The van der Waals surface area contributed by atoms with Gasteiger partial charge in [0.25, 0.3) is 0 Å². The van der Waals surface area contributed by atoms with Crippen molar-refractivity contribution in [3.8, 4) is 28.3 Å². The minimum absolute atomic E-state index is 0.275. The van der Waals surface area contributed by atoms with E-state index in [4.69, 9.17) is 9.47 Å². The first-order valence-corrected chi connectivity index (χ1v) is 10.1. The molecule has 4 aromatic rings. The Morgan fingerprint density at radius 1 is 0.966 bits per heavy atom. The number of methoxy groups -OCH3 is 1. The topological polar surface area (TPSA) is 49.2 Å². The summed E-state index contributed by atoms with van der Waals surface area (Å²) in [6.07, 6.45) is 8.67. The molecular formula is C24H23N3O2. The Morgan fingerprint density at radius 2 is 1.79 bits per heavy atom. The fraction of sp³-hybridized carbons (Fsp3) is 0.250. The zero-order chi connectivity index (χ0) is 19.6. The highest BCUT2D eigenvalue weighted by Gasteiger charge is 2.19. The van der Waals surface area contributed by atoms with Crippen LogP contribution in [0.1, 0.15) is 25.7 Å². The van der Waals surface area contributed by atoms with Gasteiger partial charge < -0.3 is 9.47 Å². The van der Waals surface area contributed by atoms with E-state index in [-0.39, 0.29) is 6.10 Å². The lowest BCUT2D eigenvalue weighted by Crippen LogP contribution is -2.11. The highest BCUT2D eigenvalue weighted by Crippen LogP contribution is 2.37. The van der Waals surface area contributed by atoms with Gasteiger partial charge in [-0.05, 0) is 67.1 Å². The van der Waals surface area contributed by atoms with Crippen LogP contribution in [0.2, 0.25) is 0 Å². The second-order valence-electron chi connectivity index (χ2n) is 7.38. The predicted octanol–water partition coefficient (Wildman–Crippen LogP) is 5.42. The molecule has 0 bridgehead atoms. The Bertz CT molecular complexity index is 1130. The molecule has 1 aliphatic rings. The van der Waals surface area contributed by atoms with E-state index in [9.17, 15) is 0 Å². The number of para-hydroxylation sites is 1. The maximum Gasteiger partial charge on any atom is 0.163 e. The molecule has 146 valence electrons. The number of hydrogen-bond donors (Lipinski definition) is 0. The smallest absolute Gasteiger partial charge is 0.163 e. The summed E-state index contributed by atoms with van der Waals surface area (Å²) in [6.45, 7) is 0. The monoisotopic (exact) mass is 385 g/mol. The second kappa shape index (κ2) is 7.59. The summed E-state index contributed by atoms with van der Waals surface area (Å²) in [5, 5.41) is 5.60. The number of fused-ring (bicyclic) bond motifs is 1. The molecule has 0 N–H and O–H groups in total. The molecule has 1 fully saturated rings. The Kier molecular flexibility index (Phi) is 4.64. The van der Waals surface area contributed by atoms with Gasteiger partial charge in [-0.25, -0.2) is 9.67 Å². The van der Waals surface area contributed by atoms with Crippen molar-refractivity contribution in [3.05, 3.63) is 67.0 Å². The quantitative estimate of drug-likeness (QED) is 0.460. The first kappa shape index (κ1) is 17.7. The number of ether oxygens (including phenoxy) is 2. The zero-order valence-corrected chi connectivity index (χ0v) is 16.4. The predicted molar refractivity (Wildman–Crippen MR) is 114 cm³/mol. The fourth-order valence-electron chi connectivity index (χ4n) is 4.06. The molecule has 0 radical (unpaired) electrons. The standard InChI is InChI=1S/C24H23N3O2/c1-28-22-12-11-17(15-23(22)29-19-9-5-6-10-19)20-13-14-25-24-21(20)16-26-27(24)18-7-3-2-4-8-18/h2-4,7-8,11-16,19H,5-6,9-10H2,1H3. The summed E-state index contributed by atoms with van der Waals surface area (Å²) >= 11 is 0. The maximum absolute atomic E-state index is 6.28. The first-order chi connectivity index (χ1) is 14.3. The zero-order valence-electron chi connectivity index (χ0n) is 16.4. The second-order valence-corrected chi connectivity index (χ2v) is 7.38. The van der Waals surface area contributed by atoms with E-state index < -0.39 is 0 Å². The number of hydrogen-bond acceptors (Lipinski definition) is 4. The van der Waals surface area contributed by atoms with E-state index >= 15 is 0 Å². The summed E-state index contributed by atoms with van der Waals surface area (Å²) in [7, 11) is 1.69. The van der Waals surface area contributed by atoms with Crippen LogP contribution in [0, 0.1) is 0 Å². The van der Waals surface area contributed by atoms with Crippen molar-refractivity contribution in [2.45, 2.75) is 31.8 Å². The molecule has 0 spiro atoms. The molecular weight excluding hydrogens is 362 g/mol. The molecule has 5 rings (SSSR count). The highest BCUT2D eigenvalue weighted by molar-refractivity contribution is 5.93. The van der Waals surface area contributed by atoms with Crippen LogP contribution in [-0.4, -0.2) is 28.0 Å². The van der Waals surface area contributed by atoms with Crippen molar-refractivity contribution >= 4 is 11.0 Å². The van der Waals surface area contributed by atoms with Gasteiger partial charge in [0.2, 0.25) is 0 Å². The third-order valence-corrected chi connectivity index (χ3v) is 5.54. The molecule has 2 heterocycles. The number of benzene rings is 2. The first-order valence-electron chi connectivity index (χ1n) is 10.1. The Labute approximate surface area is 169 Å². The molecule has 1 saturated carbocycles. The lowest BCUT2D eigenvalue weighted by molar-refractivity contribution is 0.201. The SMILES string of the molecule is COc1ccc(-c2ccnc3c2cnn3-c2ccccc2)cc1OC1CCCC1. The molecule has 0 unspecified atom stereocenters. The van der Waals surface area contributed by atoms with Crippen molar-refractivity contribution in [2.24, 2.45) is 0 Å². The fourth-order valence-corrected chi connectivity index (χ4v) is 4.06. The largest absolute Gasteiger partial charge is 0.493 e. The average Bonchev–Trinajstić information content (AvgIpc) is 3.44. The van der Waals surface area contributed by atoms with Crippen LogP contribution in [0.4, 0.5) is 0 Å². The van der Waals surface area contributed by atoms with Gasteiger partial charge in [0.05, 0.1) is 25.1 Å². The maximum atomic E-state index is 6.28. The van der Waals surface area contributed by atoms with Crippen LogP contribution in [-0.2, 0) is 0 Å². The number of nitrogens with zero attached hydrogens (tertiary/aromatic N) is 3. The van der Waals surface area contributed by atoms with E-state index in [0.717, 1.165) is 52.2 Å². The molecule has 0 atom stereocenters. The van der Waals surface area contributed by atoms with Crippen LogP contribution < -0.4 is 9.47 Å².